The zero-order valence-corrected chi connectivity index (χ0v) is 13.3. The summed E-state index contributed by atoms with van der Waals surface area (Å²) in [5.41, 5.74) is 2.56. The molecule has 0 aliphatic rings. The third kappa shape index (κ3) is 5.39. The van der Waals surface area contributed by atoms with Crippen LogP contribution in [0.2, 0.25) is 5.02 Å². The molecule has 1 aromatic rings. The molecular weight excluding hydrogens is 258 g/mol. The van der Waals surface area contributed by atoms with E-state index >= 15 is 0 Å². The molecule has 0 aliphatic heterocycles. The molecule has 0 amide bonds. The molecule has 0 saturated heterocycles. The molecule has 0 atom stereocenters. The van der Waals surface area contributed by atoms with E-state index in [-0.39, 0.29) is 0 Å². The lowest BCUT2D eigenvalue weighted by atomic mass is 10.1. The van der Waals surface area contributed by atoms with E-state index in [2.05, 4.69) is 48.3 Å². The Balaban J connectivity index is 2.78. The Labute approximate surface area is 122 Å². The summed E-state index contributed by atoms with van der Waals surface area (Å²) in [5, 5.41) is 4.02. The lowest BCUT2D eigenvalue weighted by molar-refractivity contribution is 0.400. The Morgan fingerprint density at radius 3 is 2.53 bits per heavy atom. The van der Waals surface area contributed by atoms with Gasteiger partial charge in [0, 0.05) is 30.3 Å². The topological polar surface area (TPSA) is 18.5 Å². The maximum atomic E-state index is 6.09. The van der Waals surface area contributed by atoms with E-state index in [1.54, 1.807) is 0 Å². The third-order valence-electron chi connectivity index (χ3n) is 3.16. The first kappa shape index (κ1) is 16.3. The molecule has 108 valence electrons. The normalized spacial score (nSPS) is 11.1. The molecular formula is C15H26ClN3. The zero-order chi connectivity index (χ0) is 14.3. The molecule has 1 N–H and O–H groups in total. The van der Waals surface area contributed by atoms with Crippen LogP contribution < -0.4 is 10.2 Å². The van der Waals surface area contributed by atoms with E-state index in [1.165, 1.54) is 17.7 Å². The average molecular weight is 284 g/mol. The van der Waals surface area contributed by atoms with Gasteiger partial charge >= 0.3 is 0 Å². The maximum Gasteiger partial charge on any atom is 0.0412 e. The smallest absolute Gasteiger partial charge is 0.0412 e. The van der Waals surface area contributed by atoms with Crippen molar-refractivity contribution in [2.24, 2.45) is 0 Å². The van der Waals surface area contributed by atoms with Crippen molar-refractivity contribution < 1.29 is 0 Å². The summed E-state index contributed by atoms with van der Waals surface area (Å²) >= 11 is 6.09. The van der Waals surface area contributed by atoms with Crippen LogP contribution in [0, 0.1) is 0 Å². The molecule has 0 unspecified atom stereocenters. The van der Waals surface area contributed by atoms with Gasteiger partial charge in [0.1, 0.15) is 0 Å². The fourth-order valence-corrected chi connectivity index (χ4v) is 2.42. The summed E-state index contributed by atoms with van der Waals surface area (Å²) in [6.45, 7) is 6.26. The van der Waals surface area contributed by atoms with Crippen molar-refractivity contribution in [3.8, 4) is 0 Å². The van der Waals surface area contributed by atoms with Gasteiger partial charge in [-0.1, -0.05) is 11.6 Å². The predicted octanol–water partition coefficient (Wildman–Crippen LogP) is 2.84. The van der Waals surface area contributed by atoms with Gasteiger partial charge in [0.2, 0.25) is 0 Å². The van der Waals surface area contributed by atoms with Gasteiger partial charge in [0.15, 0.2) is 0 Å². The van der Waals surface area contributed by atoms with Crippen molar-refractivity contribution in [1.82, 2.24) is 10.2 Å². The number of nitrogens with zero attached hydrogens (tertiary/aromatic N) is 2. The van der Waals surface area contributed by atoms with Crippen molar-refractivity contribution in [3.05, 3.63) is 28.8 Å². The Morgan fingerprint density at radius 2 is 1.95 bits per heavy atom. The molecule has 0 spiro atoms. The molecule has 1 aromatic carbocycles. The fourth-order valence-electron chi connectivity index (χ4n) is 2.22. The lowest BCUT2D eigenvalue weighted by Gasteiger charge is -2.26. The molecule has 19 heavy (non-hydrogen) atoms. The number of rotatable bonds is 8. The highest BCUT2D eigenvalue weighted by Crippen LogP contribution is 2.24. The number of nitrogens with one attached hydrogen (secondary N) is 1. The molecule has 0 saturated carbocycles. The molecule has 1 rings (SSSR count). The molecule has 0 aliphatic carbocycles. The number of hydrogen-bond donors (Lipinski definition) is 1. The van der Waals surface area contributed by atoms with Crippen LogP contribution in [0.3, 0.4) is 0 Å². The van der Waals surface area contributed by atoms with Crippen LogP contribution in [-0.2, 0) is 6.54 Å². The van der Waals surface area contributed by atoms with Crippen molar-refractivity contribution >= 4 is 17.3 Å². The number of halogens is 1. The maximum absolute atomic E-state index is 6.09. The first-order chi connectivity index (χ1) is 9.08. The van der Waals surface area contributed by atoms with Crippen LogP contribution in [-0.4, -0.2) is 45.7 Å². The largest absolute Gasteiger partial charge is 0.372 e. The molecule has 3 nitrogen and oxygen atoms in total. The van der Waals surface area contributed by atoms with Gasteiger partial charge < -0.3 is 15.1 Å². The van der Waals surface area contributed by atoms with E-state index in [4.69, 9.17) is 11.6 Å². The Bertz CT molecular complexity index is 380. The van der Waals surface area contributed by atoms with E-state index < -0.39 is 0 Å². The summed E-state index contributed by atoms with van der Waals surface area (Å²) in [5.74, 6) is 0. The van der Waals surface area contributed by atoms with E-state index in [0.717, 1.165) is 31.2 Å². The lowest BCUT2D eigenvalue weighted by Crippen LogP contribution is -2.28. The van der Waals surface area contributed by atoms with Crippen LogP contribution in [0.4, 0.5) is 5.69 Å². The van der Waals surface area contributed by atoms with Crippen LogP contribution in [0.15, 0.2) is 18.2 Å². The van der Waals surface area contributed by atoms with E-state index in [1.807, 2.05) is 13.1 Å². The fraction of sp³-hybridized carbons (Fsp3) is 0.600. The Hall–Kier alpha value is -0.770. The van der Waals surface area contributed by atoms with Gasteiger partial charge in [-0.3, -0.25) is 0 Å². The van der Waals surface area contributed by atoms with Gasteiger partial charge in [0.05, 0.1) is 0 Å². The number of benzene rings is 1. The van der Waals surface area contributed by atoms with Crippen LogP contribution in [0.1, 0.15) is 18.9 Å². The molecule has 0 bridgehead atoms. The highest BCUT2D eigenvalue weighted by atomic mass is 35.5. The summed E-state index contributed by atoms with van der Waals surface area (Å²) in [4.78, 5) is 4.65. The van der Waals surface area contributed by atoms with Gasteiger partial charge in [-0.2, -0.15) is 0 Å². The van der Waals surface area contributed by atoms with Gasteiger partial charge in [-0.05, 0) is 64.8 Å². The second-order valence-corrected chi connectivity index (χ2v) is 5.48. The Morgan fingerprint density at radius 1 is 1.21 bits per heavy atom. The summed E-state index contributed by atoms with van der Waals surface area (Å²) in [6.07, 6.45) is 1.17. The minimum absolute atomic E-state index is 0.804. The summed E-state index contributed by atoms with van der Waals surface area (Å²) < 4.78 is 0. The predicted molar refractivity (Wildman–Crippen MR) is 85.3 cm³/mol. The zero-order valence-electron chi connectivity index (χ0n) is 12.5. The summed E-state index contributed by atoms with van der Waals surface area (Å²) in [6, 6.07) is 6.17. The molecule has 0 radical (unpaired) electrons. The van der Waals surface area contributed by atoms with Gasteiger partial charge in [-0.15, -0.1) is 0 Å². The second-order valence-electron chi connectivity index (χ2n) is 5.04. The van der Waals surface area contributed by atoms with Crippen LogP contribution in [0.25, 0.3) is 0 Å². The second kappa shape index (κ2) is 8.41. The summed E-state index contributed by atoms with van der Waals surface area (Å²) in [7, 11) is 6.20. The SMILES string of the molecule is CCN(CCCN(C)C)c1ccc(Cl)cc1CNC. The first-order valence-electron chi connectivity index (χ1n) is 6.91. The van der Waals surface area contributed by atoms with Crippen LogP contribution >= 0.6 is 11.6 Å². The highest BCUT2D eigenvalue weighted by Gasteiger charge is 2.10. The van der Waals surface area contributed by atoms with Crippen LogP contribution in [0.5, 0.6) is 0 Å². The average Bonchev–Trinajstić information content (AvgIpc) is 2.36. The van der Waals surface area contributed by atoms with Crippen molar-refractivity contribution in [3.63, 3.8) is 0 Å². The molecule has 0 aromatic heterocycles. The van der Waals surface area contributed by atoms with E-state index in [0.29, 0.717) is 0 Å². The molecule has 4 heteroatoms. The molecule has 0 fully saturated rings. The quantitative estimate of drug-likeness (QED) is 0.791. The van der Waals surface area contributed by atoms with Crippen molar-refractivity contribution in [2.45, 2.75) is 19.9 Å². The van der Waals surface area contributed by atoms with Crippen molar-refractivity contribution in [1.29, 1.82) is 0 Å². The Kier molecular flexibility index (Phi) is 7.21. The monoisotopic (exact) mass is 283 g/mol. The first-order valence-corrected chi connectivity index (χ1v) is 7.29. The minimum Gasteiger partial charge on any atom is -0.372 e. The number of hydrogen-bond acceptors (Lipinski definition) is 3. The van der Waals surface area contributed by atoms with Gasteiger partial charge in [0.25, 0.3) is 0 Å². The number of anilines is 1. The minimum atomic E-state index is 0.804. The molecule has 0 heterocycles. The van der Waals surface area contributed by atoms with E-state index in [9.17, 15) is 0 Å². The van der Waals surface area contributed by atoms with Crippen molar-refractivity contribution in [2.75, 3.05) is 45.7 Å². The third-order valence-corrected chi connectivity index (χ3v) is 3.40. The highest BCUT2D eigenvalue weighted by molar-refractivity contribution is 6.30. The van der Waals surface area contributed by atoms with Gasteiger partial charge in [-0.25, -0.2) is 0 Å². The standard InChI is InChI=1S/C15H26ClN3/c1-5-19(10-6-9-18(3)4)15-8-7-14(16)11-13(15)12-17-2/h7-8,11,17H,5-6,9-10,12H2,1-4H3.